The summed E-state index contributed by atoms with van der Waals surface area (Å²) in [6.07, 6.45) is 2.01. The minimum atomic E-state index is -0.670. The highest BCUT2D eigenvalue weighted by molar-refractivity contribution is 8.00. The van der Waals surface area contributed by atoms with Crippen molar-refractivity contribution in [2.75, 3.05) is 36.4 Å². The Labute approximate surface area is 194 Å². The number of amides is 1. The molecular formula is C21H23N7O4S. The third-order valence-corrected chi connectivity index (χ3v) is 6.36. The van der Waals surface area contributed by atoms with Gasteiger partial charge in [0.15, 0.2) is 23.1 Å². The molecule has 1 aromatic carbocycles. The van der Waals surface area contributed by atoms with Crippen LogP contribution in [0.1, 0.15) is 16.9 Å². The predicted molar refractivity (Wildman–Crippen MR) is 124 cm³/mol. The van der Waals surface area contributed by atoms with Gasteiger partial charge in [0.1, 0.15) is 6.33 Å². The molecule has 1 aliphatic heterocycles. The van der Waals surface area contributed by atoms with E-state index >= 15 is 0 Å². The Kier molecular flexibility index (Phi) is 6.73. The molecule has 0 aliphatic carbocycles. The number of benzene rings is 1. The number of esters is 1. The van der Waals surface area contributed by atoms with E-state index < -0.39 is 5.97 Å². The first-order chi connectivity index (χ1) is 16.0. The second kappa shape index (κ2) is 9.86. The van der Waals surface area contributed by atoms with E-state index in [1.165, 1.54) is 20.3 Å². The zero-order valence-electron chi connectivity index (χ0n) is 18.4. The molecule has 33 heavy (non-hydrogen) atoms. The fourth-order valence-corrected chi connectivity index (χ4v) is 4.10. The lowest BCUT2D eigenvalue weighted by molar-refractivity contribution is -0.116. The zero-order chi connectivity index (χ0) is 23.4. The standard InChI is InChI=1S/C21H23N7O4S/c1-28-11-22-20(27-28)13-5-4-6-14(19(13)31-2)23-15-8-16(25-26-18(15)21(30)32-3)24-17(29)7-12-9-33-10-12/h4-6,8,11-12H,7,9-10H2,1-3H3,(H2,23,24,25,29). The van der Waals surface area contributed by atoms with Gasteiger partial charge in [0.25, 0.3) is 0 Å². The maximum absolute atomic E-state index is 12.3. The molecule has 3 aromatic rings. The van der Waals surface area contributed by atoms with Crippen molar-refractivity contribution >= 4 is 40.8 Å². The molecule has 1 aliphatic rings. The lowest BCUT2D eigenvalue weighted by atomic mass is 10.1. The molecule has 0 atom stereocenters. The third kappa shape index (κ3) is 5.06. The second-order valence-electron chi connectivity index (χ2n) is 7.39. The van der Waals surface area contributed by atoms with Crippen molar-refractivity contribution < 1.29 is 19.1 Å². The molecule has 11 nitrogen and oxygen atoms in total. The summed E-state index contributed by atoms with van der Waals surface area (Å²) in [6, 6.07) is 6.95. The van der Waals surface area contributed by atoms with Crippen LogP contribution in [0.3, 0.4) is 0 Å². The average Bonchev–Trinajstić information content (AvgIpc) is 3.22. The normalized spacial score (nSPS) is 13.2. The van der Waals surface area contributed by atoms with E-state index in [1.807, 2.05) is 23.9 Å². The van der Waals surface area contributed by atoms with Gasteiger partial charge in [-0.2, -0.15) is 16.9 Å². The molecule has 3 heterocycles. The summed E-state index contributed by atoms with van der Waals surface area (Å²) < 4.78 is 12.0. The number of ether oxygens (including phenoxy) is 2. The molecule has 4 rings (SSSR count). The summed E-state index contributed by atoms with van der Waals surface area (Å²) in [4.78, 5) is 28.9. The highest BCUT2D eigenvalue weighted by atomic mass is 32.2. The molecule has 0 bridgehead atoms. The first-order valence-electron chi connectivity index (χ1n) is 10.1. The van der Waals surface area contributed by atoms with Crippen LogP contribution in [-0.2, 0) is 16.6 Å². The van der Waals surface area contributed by atoms with Gasteiger partial charge in [-0.15, -0.1) is 10.2 Å². The predicted octanol–water partition coefficient (Wildman–Crippen LogP) is 2.50. The Morgan fingerprint density at radius 3 is 2.67 bits per heavy atom. The van der Waals surface area contributed by atoms with Gasteiger partial charge in [0.05, 0.1) is 31.2 Å². The molecule has 2 aromatic heterocycles. The van der Waals surface area contributed by atoms with Gasteiger partial charge in [-0.1, -0.05) is 6.07 Å². The minimum Gasteiger partial charge on any atom is -0.494 e. The van der Waals surface area contributed by atoms with Gasteiger partial charge in [-0.3, -0.25) is 9.48 Å². The quantitative estimate of drug-likeness (QED) is 0.474. The van der Waals surface area contributed by atoms with Crippen molar-refractivity contribution in [3.8, 4) is 17.1 Å². The summed E-state index contributed by atoms with van der Waals surface area (Å²) in [5.74, 6) is 2.71. The highest BCUT2D eigenvalue weighted by Crippen LogP contribution is 2.37. The number of hydrogen-bond donors (Lipinski definition) is 2. The highest BCUT2D eigenvalue weighted by Gasteiger charge is 2.23. The molecule has 0 radical (unpaired) electrons. The number of aromatic nitrogens is 5. The van der Waals surface area contributed by atoms with Crippen molar-refractivity contribution in [1.82, 2.24) is 25.0 Å². The van der Waals surface area contributed by atoms with Gasteiger partial charge in [0.2, 0.25) is 5.91 Å². The molecule has 1 fully saturated rings. The van der Waals surface area contributed by atoms with Gasteiger partial charge >= 0.3 is 5.97 Å². The summed E-state index contributed by atoms with van der Waals surface area (Å²) in [5.41, 5.74) is 1.48. The van der Waals surface area contributed by atoms with Crippen LogP contribution >= 0.6 is 11.8 Å². The minimum absolute atomic E-state index is 0.0330. The Morgan fingerprint density at radius 1 is 1.21 bits per heavy atom. The van der Waals surface area contributed by atoms with Crippen molar-refractivity contribution in [2.24, 2.45) is 13.0 Å². The maximum Gasteiger partial charge on any atom is 0.360 e. The van der Waals surface area contributed by atoms with Crippen LogP contribution in [0, 0.1) is 5.92 Å². The fourth-order valence-electron chi connectivity index (χ4n) is 3.29. The number of methoxy groups -OCH3 is 2. The summed E-state index contributed by atoms with van der Waals surface area (Å²) in [7, 11) is 4.56. The SMILES string of the molecule is COC(=O)c1nnc(NC(=O)CC2CSC2)cc1Nc1cccc(-c2ncn(C)n2)c1OC. The van der Waals surface area contributed by atoms with Crippen LogP contribution in [-0.4, -0.2) is 62.6 Å². The summed E-state index contributed by atoms with van der Waals surface area (Å²) >= 11 is 1.82. The Balaban J connectivity index is 1.65. The number of nitrogens with zero attached hydrogens (tertiary/aromatic N) is 5. The van der Waals surface area contributed by atoms with Gasteiger partial charge in [0, 0.05) is 19.5 Å². The maximum atomic E-state index is 12.3. The molecule has 12 heteroatoms. The second-order valence-corrected chi connectivity index (χ2v) is 8.47. The number of para-hydroxylation sites is 1. The summed E-state index contributed by atoms with van der Waals surface area (Å²) in [5, 5.41) is 18.2. The van der Waals surface area contributed by atoms with Crippen LogP contribution < -0.4 is 15.4 Å². The van der Waals surface area contributed by atoms with Gasteiger partial charge < -0.3 is 20.1 Å². The van der Waals surface area contributed by atoms with Crippen LogP contribution in [0.2, 0.25) is 0 Å². The number of aryl methyl sites for hydroxylation is 1. The fraction of sp³-hybridized carbons (Fsp3) is 0.333. The Bertz CT molecular complexity index is 1180. The number of rotatable bonds is 8. The molecule has 0 spiro atoms. The third-order valence-electron chi connectivity index (χ3n) is 4.95. The average molecular weight is 470 g/mol. The topological polar surface area (TPSA) is 133 Å². The monoisotopic (exact) mass is 469 g/mol. The van der Waals surface area contributed by atoms with E-state index in [-0.39, 0.29) is 17.4 Å². The molecule has 1 amide bonds. The van der Waals surface area contributed by atoms with Crippen molar-refractivity contribution in [3.05, 3.63) is 36.3 Å². The zero-order valence-corrected chi connectivity index (χ0v) is 19.2. The first-order valence-corrected chi connectivity index (χ1v) is 11.3. The number of carbonyl (C=O) groups excluding carboxylic acids is 2. The largest absolute Gasteiger partial charge is 0.494 e. The Hall–Kier alpha value is -3.67. The van der Waals surface area contributed by atoms with E-state index in [0.717, 1.165) is 11.5 Å². The van der Waals surface area contributed by atoms with E-state index in [9.17, 15) is 9.59 Å². The van der Waals surface area contributed by atoms with E-state index in [0.29, 0.717) is 40.9 Å². The molecule has 1 saturated heterocycles. The van der Waals surface area contributed by atoms with E-state index in [2.05, 4.69) is 30.9 Å². The molecule has 0 saturated carbocycles. The van der Waals surface area contributed by atoms with Crippen molar-refractivity contribution in [3.63, 3.8) is 0 Å². The molecule has 0 unspecified atom stereocenters. The Morgan fingerprint density at radius 2 is 2.03 bits per heavy atom. The molecule has 2 N–H and O–H groups in total. The smallest absolute Gasteiger partial charge is 0.360 e. The number of thioether (sulfide) groups is 1. The lowest BCUT2D eigenvalue weighted by Crippen LogP contribution is -2.25. The van der Waals surface area contributed by atoms with Crippen molar-refractivity contribution in [2.45, 2.75) is 6.42 Å². The lowest BCUT2D eigenvalue weighted by Gasteiger charge is -2.23. The molecule has 172 valence electrons. The van der Waals surface area contributed by atoms with E-state index in [1.54, 1.807) is 24.1 Å². The van der Waals surface area contributed by atoms with E-state index in [4.69, 9.17) is 9.47 Å². The van der Waals surface area contributed by atoms with Crippen LogP contribution in [0.15, 0.2) is 30.6 Å². The van der Waals surface area contributed by atoms with Crippen LogP contribution in [0.4, 0.5) is 17.2 Å². The van der Waals surface area contributed by atoms with Crippen LogP contribution in [0.5, 0.6) is 5.75 Å². The van der Waals surface area contributed by atoms with Crippen molar-refractivity contribution in [1.29, 1.82) is 0 Å². The number of nitrogens with one attached hydrogen (secondary N) is 2. The van der Waals surface area contributed by atoms with Gasteiger partial charge in [-0.05, 0) is 29.6 Å². The molecular weight excluding hydrogens is 446 g/mol. The first kappa shape index (κ1) is 22.5. The summed E-state index contributed by atoms with van der Waals surface area (Å²) in [6.45, 7) is 0. The number of carbonyl (C=O) groups is 2. The van der Waals surface area contributed by atoms with Gasteiger partial charge in [-0.25, -0.2) is 9.78 Å². The van der Waals surface area contributed by atoms with Crippen LogP contribution in [0.25, 0.3) is 11.4 Å². The number of hydrogen-bond acceptors (Lipinski definition) is 10. The number of anilines is 3.